The van der Waals surface area contributed by atoms with Gasteiger partial charge in [-0.25, -0.2) is 9.59 Å². The second-order valence-corrected chi connectivity index (χ2v) is 4.98. The van der Waals surface area contributed by atoms with Crippen LogP contribution in [0.5, 0.6) is 0 Å². The largest absolute Gasteiger partial charge is 0.478 e. The van der Waals surface area contributed by atoms with Crippen LogP contribution in [0.3, 0.4) is 0 Å². The molecule has 0 aliphatic carbocycles. The summed E-state index contributed by atoms with van der Waals surface area (Å²) in [5, 5.41) is 13.2. The Balaban J connectivity index is 1.96. The maximum atomic E-state index is 11.7. The van der Waals surface area contributed by atoms with Crippen LogP contribution in [0.4, 0.5) is 4.79 Å². The van der Waals surface area contributed by atoms with E-state index >= 15 is 0 Å². The number of carbonyl (C=O) groups excluding carboxylic acids is 1. The fourth-order valence-corrected chi connectivity index (χ4v) is 2.52. The van der Waals surface area contributed by atoms with Crippen molar-refractivity contribution < 1.29 is 19.4 Å². The Bertz CT molecular complexity index is 544. The Hall–Kier alpha value is -2.31. The average molecular weight is 293 g/mol. The first-order chi connectivity index (χ1) is 10.0. The number of aromatic carboxylic acids is 1. The van der Waals surface area contributed by atoms with E-state index in [-0.39, 0.29) is 24.3 Å². The lowest BCUT2D eigenvalue weighted by molar-refractivity contribution is 0.0695. The third-order valence-electron chi connectivity index (χ3n) is 3.67. The normalized spacial score (nSPS) is 15.8. The van der Waals surface area contributed by atoms with Gasteiger partial charge in [0, 0.05) is 13.1 Å². The number of hydrogen-bond acceptors (Lipinski definition) is 4. The van der Waals surface area contributed by atoms with Crippen LogP contribution in [0.1, 0.15) is 34.9 Å². The van der Waals surface area contributed by atoms with Gasteiger partial charge >= 0.3 is 12.1 Å². The van der Waals surface area contributed by atoms with Gasteiger partial charge in [0.15, 0.2) is 0 Å². The Morgan fingerprint density at radius 2 is 2.19 bits per heavy atom. The van der Waals surface area contributed by atoms with Crippen molar-refractivity contribution in [2.75, 3.05) is 19.7 Å². The zero-order chi connectivity index (χ0) is 15.4. The number of rotatable bonds is 4. The fraction of sp³-hybridized carbons (Fsp3) is 0.500. The number of amides is 1. The molecule has 0 aromatic carbocycles. The van der Waals surface area contributed by atoms with Gasteiger partial charge in [0.25, 0.3) is 0 Å². The molecule has 1 aliphatic rings. The predicted octanol–water partition coefficient (Wildman–Crippen LogP) is 1.85. The lowest BCUT2D eigenvalue weighted by Crippen LogP contribution is -2.39. The topological polar surface area (TPSA) is 84.7 Å². The Labute approximate surface area is 122 Å². The molecule has 7 heteroatoms. The highest BCUT2D eigenvalue weighted by Gasteiger charge is 2.27. The van der Waals surface area contributed by atoms with Crippen LogP contribution < -0.4 is 0 Å². The molecule has 0 bridgehead atoms. The molecule has 114 valence electrons. The zero-order valence-electron chi connectivity index (χ0n) is 12.0. The van der Waals surface area contributed by atoms with Crippen LogP contribution in [0, 0.1) is 6.92 Å². The standard InChI is InChI=1S/C14H19N3O4/c1-3-8-21-14(20)16-6-4-11(5-7-16)17-10(2)12(9-15-17)13(18)19/h3,9,11H,1,4-8H2,2H3,(H,18,19). The molecule has 21 heavy (non-hydrogen) atoms. The SMILES string of the molecule is C=CCOC(=O)N1CCC(n2ncc(C(=O)O)c2C)CC1. The molecule has 2 heterocycles. The van der Waals surface area contributed by atoms with Gasteiger partial charge in [0.2, 0.25) is 0 Å². The molecule has 0 radical (unpaired) electrons. The highest BCUT2D eigenvalue weighted by molar-refractivity contribution is 5.88. The highest BCUT2D eigenvalue weighted by atomic mass is 16.6. The summed E-state index contributed by atoms with van der Waals surface area (Å²) in [4.78, 5) is 24.4. The third kappa shape index (κ3) is 3.24. The Morgan fingerprint density at radius 1 is 1.52 bits per heavy atom. The molecule has 0 spiro atoms. The number of hydrogen-bond donors (Lipinski definition) is 1. The van der Waals surface area contributed by atoms with E-state index in [4.69, 9.17) is 9.84 Å². The van der Waals surface area contributed by atoms with E-state index < -0.39 is 5.97 Å². The van der Waals surface area contributed by atoms with E-state index in [1.54, 1.807) is 16.5 Å². The van der Waals surface area contributed by atoms with Gasteiger partial charge in [-0.05, 0) is 19.8 Å². The molecule has 1 aliphatic heterocycles. The molecule has 1 amide bonds. The lowest BCUT2D eigenvalue weighted by atomic mass is 10.1. The molecule has 7 nitrogen and oxygen atoms in total. The van der Waals surface area contributed by atoms with Crippen LogP contribution in [0.2, 0.25) is 0 Å². The summed E-state index contributed by atoms with van der Waals surface area (Å²) in [6.07, 6.45) is 4.03. The van der Waals surface area contributed by atoms with E-state index in [2.05, 4.69) is 11.7 Å². The van der Waals surface area contributed by atoms with E-state index in [9.17, 15) is 9.59 Å². The van der Waals surface area contributed by atoms with Crippen molar-refractivity contribution in [1.29, 1.82) is 0 Å². The van der Waals surface area contributed by atoms with Gasteiger partial charge in [-0.2, -0.15) is 5.10 Å². The molecule has 1 aromatic rings. The zero-order valence-corrected chi connectivity index (χ0v) is 12.0. The molecule has 1 N–H and O–H groups in total. The molecule has 2 rings (SSSR count). The van der Waals surface area contributed by atoms with Gasteiger partial charge in [-0.3, -0.25) is 4.68 Å². The minimum Gasteiger partial charge on any atom is -0.478 e. The molecule has 1 fully saturated rings. The summed E-state index contributed by atoms with van der Waals surface area (Å²) < 4.78 is 6.75. The number of carbonyl (C=O) groups is 2. The molecular weight excluding hydrogens is 274 g/mol. The first-order valence-corrected chi connectivity index (χ1v) is 6.84. The molecule has 0 unspecified atom stereocenters. The van der Waals surface area contributed by atoms with Crippen molar-refractivity contribution in [3.05, 3.63) is 30.1 Å². The maximum absolute atomic E-state index is 11.7. The fourth-order valence-electron chi connectivity index (χ4n) is 2.52. The summed E-state index contributed by atoms with van der Waals surface area (Å²) in [6, 6.07) is 0.113. The quantitative estimate of drug-likeness (QED) is 0.856. The minimum atomic E-state index is -0.968. The van der Waals surface area contributed by atoms with Gasteiger partial charge in [0.05, 0.1) is 17.9 Å². The molecule has 1 aromatic heterocycles. The van der Waals surface area contributed by atoms with Crippen molar-refractivity contribution >= 4 is 12.1 Å². The van der Waals surface area contributed by atoms with Crippen LogP contribution in [0.15, 0.2) is 18.9 Å². The first kappa shape index (κ1) is 15.1. The van der Waals surface area contributed by atoms with Gasteiger partial charge in [-0.15, -0.1) is 0 Å². The van der Waals surface area contributed by atoms with Crippen LogP contribution in [-0.2, 0) is 4.74 Å². The van der Waals surface area contributed by atoms with E-state index in [0.717, 1.165) is 12.8 Å². The number of aromatic nitrogens is 2. The van der Waals surface area contributed by atoms with Crippen LogP contribution >= 0.6 is 0 Å². The van der Waals surface area contributed by atoms with Crippen molar-refractivity contribution in [3.8, 4) is 0 Å². The van der Waals surface area contributed by atoms with Crippen LogP contribution in [0.25, 0.3) is 0 Å². The van der Waals surface area contributed by atoms with Gasteiger partial charge in [0.1, 0.15) is 12.2 Å². The van der Waals surface area contributed by atoms with E-state index in [1.807, 2.05) is 0 Å². The van der Waals surface area contributed by atoms with Crippen molar-refractivity contribution in [1.82, 2.24) is 14.7 Å². The van der Waals surface area contributed by atoms with Gasteiger partial charge < -0.3 is 14.7 Å². The van der Waals surface area contributed by atoms with Crippen LogP contribution in [-0.4, -0.2) is 51.5 Å². The third-order valence-corrected chi connectivity index (χ3v) is 3.67. The first-order valence-electron chi connectivity index (χ1n) is 6.84. The summed E-state index contributed by atoms with van der Waals surface area (Å²) in [6.45, 7) is 6.60. The lowest BCUT2D eigenvalue weighted by Gasteiger charge is -2.31. The number of piperidine rings is 1. The summed E-state index contributed by atoms with van der Waals surface area (Å²) >= 11 is 0. The number of likely N-dealkylation sites (tertiary alicyclic amines) is 1. The van der Waals surface area contributed by atoms with Crippen molar-refractivity contribution in [2.24, 2.45) is 0 Å². The molecule has 0 atom stereocenters. The monoisotopic (exact) mass is 293 g/mol. The second-order valence-electron chi connectivity index (χ2n) is 4.98. The Morgan fingerprint density at radius 3 is 2.71 bits per heavy atom. The Kier molecular flexibility index (Phi) is 4.62. The molecule has 0 saturated carbocycles. The summed E-state index contributed by atoms with van der Waals surface area (Å²) in [5.74, 6) is -0.968. The van der Waals surface area contributed by atoms with Crippen molar-refractivity contribution in [3.63, 3.8) is 0 Å². The van der Waals surface area contributed by atoms with Gasteiger partial charge in [-0.1, -0.05) is 12.7 Å². The van der Waals surface area contributed by atoms with Crippen molar-refractivity contribution in [2.45, 2.75) is 25.8 Å². The average Bonchev–Trinajstić information content (AvgIpc) is 2.87. The second kappa shape index (κ2) is 6.43. The summed E-state index contributed by atoms with van der Waals surface area (Å²) in [7, 11) is 0. The number of carboxylic acids is 1. The van der Waals surface area contributed by atoms with E-state index in [0.29, 0.717) is 18.8 Å². The predicted molar refractivity (Wildman–Crippen MR) is 75.3 cm³/mol. The minimum absolute atomic E-state index is 0.113. The molecular formula is C14H19N3O4. The highest BCUT2D eigenvalue weighted by Crippen LogP contribution is 2.24. The maximum Gasteiger partial charge on any atom is 0.410 e. The molecule has 1 saturated heterocycles. The number of nitrogens with zero attached hydrogens (tertiary/aromatic N) is 3. The number of carboxylic acid groups (broad SMARTS) is 1. The smallest absolute Gasteiger partial charge is 0.410 e. The number of ether oxygens (including phenoxy) is 1. The van der Waals surface area contributed by atoms with E-state index in [1.165, 1.54) is 12.3 Å². The summed E-state index contributed by atoms with van der Waals surface area (Å²) in [5.41, 5.74) is 0.873.